The first-order valence-corrected chi connectivity index (χ1v) is 54.8. The van der Waals surface area contributed by atoms with Crippen molar-refractivity contribution in [2.45, 2.75) is 148 Å². The average Bonchev–Trinajstić information content (AvgIpc) is 1.58. The summed E-state index contributed by atoms with van der Waals surface area (Å²) in [5, 5.41) is 8.65. The lowest BCUT2D eigenvalue weighted by molar-refractivity contribution is -0.0576. The SMILES string of the molecule is Nc1nc2c(ncn2[C@@H]2O[C@@H]3COP(O)(=S)O[C@H]4C[C@H](c5cnc6c(N)ccnn56)O[C@@H]4COP(O)(=S)O[C@@H]2[C@@H]3F)c(=O)[nH]1.Nc1nc2c(ncn2[C@@H]2O[C@@H]3COP(O)(=S)O[C@H]4C[C@H](c5cnc6c(N)ccnn56)O[C@@H]4COP(O)(=S)O[C@@H]2[C@@H]3F)c(=O)[nH]1.Nc1nc2c(ncn2[C@@H]2O[C@@H]3COP(O)(=S)O[C@H]4C[C@H](n5cc(F)c6c(N)ccnc65)O[C@@H]4COP(=O)(S)O[C@@H]2[C@@H]3F)c(=O)[nH]1. The van der Waals surface area contributed by atoms with E-state index in [9.17, 15) is 47.8 Å². The summed E-state index contributed by atoms with van der Waals surface area (Å²) in [6.07, 6.45) is -14.9. The molecule has 714 valence electrons. The maximum absolute atomic E-state index is 15.8. The Bertz CT molecular complexity index is 6810. The van der Waals surface area contributed by atoms with Crippen LogP contribution in [0.5, 0.6) is 0 Å². The van der Waals surface area contributed by atoms with Gasteiger partial charge in [0.15, 0.2) is 87.8 Å². The molecule has 0 aromatic carbocycles. The molecule has 12 aromatic rings. The lowest BCUT2D eigenvalue weighted by Gasteiger charge is -2.27. The van der Waals surface area contributed by atoms with Crippen LogP contribution in [0.1, 0.15) is 67.8 Å². The lowest BCUT2D eigenvalue weighted by atomic mass is 10.1. The van der Waals surface area contributed by atoms with Crippen LogP contribution in [0.25, 0.3) is 55.8 Å². The van der Waals surface area contributed by atoms with Gasteiger partial charge in [0.05, 0.1) is 130 Å². The Morgan fingerprint density at radius 3 is 1.17 bits per heavy atom. The van der Waals surface area contributed by atoms with Gasteiger partial charge in [-0.2, -0.15) is 25.1 Å². The van der Waals surface area contributed by atoms with E-state index in [0.717, 1.165) is 12.5 Å². The van der Waals surface area contributed by atoms with E-state index in [0.29, 0.717) is 34.1 Å². The molecule has 20 N–H and O–H groups in total. The zero-order valence-electron chi connectivity index (χ0n) is 66.9. The zero-order chi connectivity index (χ0) is 93.8. The van der Waals surface area contributed by atoms with Gasteiger partial charge in [-0.1, -0.05) is 12.2 Å². The van der Waals surface area contributed by atoms with E-state index >= 15 is 13.2 Å². The van der Waals surface area contributed by atoms with Gasteiger partial charge in [0.2, 0.25) is 17.8 Å². The summed E-state index contributed by atoms with van der Waals surface area (Å²) >= 11 is 30.2. The number of aromatic amines is 3. The number of nitrogens with two attached hydrogens (primary N) is 6. The number of ether oxygens (including phenoxy) is 6. The van der Waals surface area contributed by atoms with Gasteiger partial charge in [0.25, 0.3) is 16.7 Å². The Balaban J connectivity index is 0.000000129. The largest absolute Gasteiger partial charge is 0.398 e. The molecule has 21 heterocycles. The van der Waals surface area contributed by atoms with Crippen LogP contribution >= 0.6 is 52.6 Å². The molecule has 0 amide bonds. The molecule has 0 radical (unpaired) electrons. The predicted octanol–water partition coefficient (Wildman–Crippen LogP) is 2.75. The first-order chi connectivity index (χ1) is 63.1. The van der Waals surface area contributed by atoms with Crippen molar-refractivity contribution in [2.24, 2.45) is 0 Å². The monoisotopic (exact) mass is 2090 g/mol. The Hall–Kier alpha value is -7.59. The van der Waals surface area contributed by atoms with Crippen molar-refractivity contribution in [1.82, 2.24) is 97.3 Å². The fraction of sp³-hybridized carbons (Fsp3) is 0.469. The van der Waals surface area contributed by atoms with E-state index in [1.54, 1.807) is 24.5 Å². The Labute approximate surface area is 769 Å². The second-order valence-electron chi connectivity index (χ2n) is 30.6. The van der Waals surface area contributed by atoms with Crippen LogP contribution in [-0.2, 0) is 146 Å². The molecule has 9 aliphatic heterocycles. The molecule has 6 unspecified atom stereocenters. The zero-order valence-corrected chi connectivity index (χ0v) is 77.2. The molecule has 0 spiro atoms. The van der Waals surface area contributed by atoms with Crippen molar-refractivity contribution < 1.29 is 129 Å². The third-order valence-electron chi connectivity index (χ3n) is 22.1. The minimum absolute atomic E-state index is 0.00685. The molecule has 9 saturated heterocycles. The fourth-order valence-corrected chi connectivity index (χ4v) is 24.9. The van der Waals surface area contributed by atoms with Crippen LogP contribution in [0.15, 0.2) is 88.7 Å². The van der Waals surface area contributed by atoms with Crippen molar-refractivity contribution in [2.75, 3.05) is 74.0 Å². The highest BCUT2D eigenvalue weighted by Crippen LogP contribution is 2.61. The number of fused-ring (bicyclic) bond motifs is 15. The van der Waals surface area contributed by atoms with Crippen LogP contribution in [0.2, 0.25) is 0 Å². The van der Waals surface area contributed by atoms with E-state index in [2.05, 4.69) is 82.3 Å². The number of hydrogen-bond donors (Lipinski definition) is 15. The van der Waals surface area contributed by atoms with Crippen LogP contribution in [0.4, 0.5) is 52.5 Å². The second-order valence-corrected chi connectivity index (χ2v) is 47.5. The van der Waals surface area contributed by atoms with E-state index in [1.807, 2.05) is 0 Å². The Morgan fingerprint density at radius 1 is 0.414 bits per heavy atom. The molecule has 0 saturated carbocycles. The normalized spacial score (nSPS) is 36.4. The highest BCUT2D eigenvalue weighted by atomic mass is 32.7. The minimum Gasteiger partial charge on any atom is -0.398 e. The molecule has 27 atom stereocenters. The molecule has 6 bridgehead atoms. The third kappa shape index (κ3) is 19.0. The van der Waals surface area contributed by atoms with Gasteiger partial charge < -0.3 is 128 Å². The standard InChI is InChI=1S/C22H24F2N8O9P2S2.2C21H24FN9O9P2S2/c23-8-4-31(18-14(8)9(25)1-2-27-18)13-3-10-11(38-13)5-36-43(35,45)41-17-15(24)12(6-37-42(34,44)40-10)39-21(17)32-7-28-16-19(32)29-22(26)30-20(16)33;2*22-14-13-6-36-41(33,43)39-11-3-10(9-4-25-17-8(23)1-2-27-31(9)17)37-12(11)5-35-42(34,44)40-16(14)20(38-13)30-7-26-15-18(30)28-21(24)29-19(15)32/h1-2,4,7,10-13,15,17,21H,3,5-6H2,(H2,25,27)(H,34,44)(H,35,45)(H3,26,29,30,33);2*1-2,4,7,10-14,16,20H,3,5-6,23H2,(H,33,43)(H,34,44)(H3,24,28,29,32)/t10-,11+,12+,13+,15+,17+,21+,42?,43?;2*10-,11+,12-,13-,14-,16-,20-,41?,42?/m011/s1. The highest BCUT2D eigenvalue weighted by molar-refractivity contribution is 8.44. The molecule has 53 nitrogen and oxygen atoms in total. The molecule has 0 aliphatic carbocycles. The van der Waals surface area contributed by atoms with Gasteiger partial charge in [0.1, 0.15) is 79.0 Å². The van der Waals surface area contributed by atoms with Crippen LogP contribution in [-0.4, -0.2) is 253 Å². The van der Waals surface area contributed by atoms with Gasteiger partial charge in [-0.05, 0) is 77.2 Å². The second kappa shape index (κ2) is 36.3. The Kier molecular flexibility index (Phi) is 25.8. The molecule has 69 heteroatoms. The number of nitrogen functional groups attached to an aromatic ring is 6. The Morgan fingerprint density at radius 2 is 0.767 bits per heavy atom. The van der Waals surface area contributed by atoms with Gasteiger partial charge in [-0.3, -0.25) is 61.1 Å². The summed E-state index contributed by atoms with van der Waals surface area (Å²) in [5.74, 6) is -1.33. The third-order valence-corrected chi connectivity index (χ3v) is 31.6. The summed E-state index contributed by atoms with van der Waals surface area (Å²) in [7, 11) is 0. The molecule has 12 aromatic heterocycles. The number of imidazole rings is 5. The van der Waals surface area contributed by atoms with Crippen LogP contribution in [0.3, 0.4) is 0 Å². The number of rotatable bonds is 6. The smallest absolute Gasteiger partial charge is 0.386 e. The van der Waals surface area contributed by atoms with Gasteiger partial charge in [-0.15, -0.1) is 0 Å². The number of pyridine rings is 1. The quantitative estimate of drug-likeness (QED) is 0.0646. The maximum atomic E-state index is 15.8. The molecule has 9 aliphatic rings. The van der Waals surface area contributed by atoms with Gasteiger partial charge in [-0.25, -0.2) is 61.1 Å². The molecular weight excluding hydrogens is 2020 g/mol. The number of H-pyrrole nitrogens is 3. The number of anilines is 6. The lowest BCUT2D eigenvalue weighted by Crippen LogP contribution is -2.32. The summed E-state index contributed by atoms with van der Waals surface area (Å²) in [6.45, 7) is -28.0. The van der Waals surface area contributed by atoms with Gasteiger partial charge >= 0.3 is 40.4 Å². The summed E-state index contributed by atoms with van der Waals surface area (Å²) in [6, 6.07) is 4.66. The first kappa shape index (κ1) is 94.4. The summed E-state index contributed by atoms with van der Waals surface area (Å²) in [4.78, 5) is 136. The van der Waals surface area contributed by atoms with Crippen LogP contribution in [0, 0.1) is 5.82 Å². The number of thiol groups is 1. The fourth-order valence-electron chi connectivity index (χ4n) is 16.2. The first-order valence-electron chi connectivity index (χ1n) is 39.1. The van der Waals surface area contributed by atoms with Gasteiger partial charge in [0, 0.05) is 37.3 Å². The van der Waals surface area contributed by atoms with Crippen molar-refractivity contribution in [3.8, 4) is 0 Å². The summed E-state index contributed by atoms with van der Waals surface area (Å²) in [5.41, 5.74) is 35.6. The molecule has 21 rings (SSSR count). The topological polar surface area (TPSA) is 709 Å². The van der Waals surface area contributed by atoms with Crippen molar-refractivity contribution in [1.29, 1.82) is 0 Å². The predicted molar refractivity (Wildman–Crippen MR) is 470 cm³/mol. The molecule has 133 heavy (non-hydrogen) atoms. The number of hydrogen-bond acceptors (Lipinski definition) is 44. The van der Waals surface area contributed by atoms with E-state index in [4.69, 9.17) is 176 Å². The van der Waals surface area contributed by atoms with Crippen molar-refractivity contribution in [3.05, 3.63) is 123 Å². The van der Waals surface area contributed by atoms with E-state index in [-0.39, 0.29) is 87.3 Å². The number of nitrogens with zero attached hydrogens (tertiary/aromatic N) is 17. The molecular formula is C64H72F4N26O27P6S6. The van der Waals surface area contributed by atoms with E-state index < -0.39 is 231 Å². The molecule has 9 fully saturated rings. The number of nitrogens with one attached hydrogen (secondary N) is 3. The summed E-state index contributed by atoms with van der Waals surface area (Å²) < 4.78 is 187. The number of alkyl halides is 3. The van der Waals surface area contributed by atoms with Crippen molar-refractivity contribution >= 4 is 202 Å². The number of halogens is 4. The van der Waals surface area contributed by atoms with E-state index in [1.165, 1.54) is 64.6 Å². The van der Waals surface area contributed by atoms with Crippen LogP contribution < -0.4 is 51.1 Å². The maximum Gasteiger partial charge on any atom is 0.386 e. The minimum atomic E-state index is -4.39. The number of aromatic nitrogens is 20. The highest BCUT2D eigenvalue weighted by Gasteiger charge is 2.57. The average molecular weight is 2090 g/mol. The van der Waals surface area contributed by atoms with Crippen molar-refractivity contribution in [3.63, 3.8) is 0 Å².